The Morgan fingerprint density at radius 3 is 2.20 bits per heavy atom. The predicted molar refractivity (Wildman–Crippen MR) is 188 cm³/mol. The average molecular weight is 690 g/mol. The monoisotopic (exact) mass is 688 g/mol. The van der Waals surface area contributed by atoms with Crippen molar-refractivity contribution in [1.29, 1.82) is 0 Å². The van der Waals surface area contributed by atoms with Crippen molar-refractivity contribution >= 4 is 64.3 Å². The number of carbonyl (C=O) groups is 4. The number of nitrogens with zero attached hydrogens (tertiary/aromatic N) is 2. The average Bonchev–Trinajstić information content (AvgIpc) is 3.50. The van der Waals surface area contributed by atoms with Crippen molar-refractivity contribution < 1.29 is 24.3 Å². The molecule has 244 valence electrons. The Hall–Kier alpha value is -4.98. The molecule has 4 aliphatic rings. The Morgan fingerprint density at radius 2 is 1.49 bits per heavy atom. The summed E-state index contributed by atoms with van der Waals surface area (Å²) in [6, 6.07) is 27.5. The van der Waals surface area contributed by atoms with Crippen LogP contribution in [0, 0.1) is 23.7 Å². The van der Waals surface area contributed by atoms with E-state index < -0.39 is 46.8 Å². The minimum absolute atomic E-state index is 0.0913. The van der Waals surface area contributed by atoms with Crippen LogP contribution in [0.15, 0.2) is 115 Å². The van der Waals surface area contributed by atoms with Gasteiger partial charge >= 0.3 is 0 Å². The summed E-state index contributed by atoms with van der Waals surface area (Å²) in [7, 11) is 0. The molecule has 6 unspecified atom stereocenters. The van der Waals surface area contributed by atoms with Gasteiger partial charge in [-0.2, -0.15) is 0 Å². The maximum Gasteiger partial charge on any atom is 0.246 e. The third kappa shape index (κ3) is 4.49. The maximum atomic E-state index is 15.3. The van der Waals surface area contributed by atoms with E-state index in [0.717, 1.165) is 11.1 Å². The van der Waals surface area contributed by atoms with Gasteiger partial charge in [0.2, 0.25) is 23.6 Å². The molecule has 1 N–H and O–H groups in total. The van der Waals surface area contributed by atoms with Gasteiger partial charge in [0, 0.05) is 21.5 Å². The number of phenolic OH excluding ortho intramolecular Hbond substituents is 1. The Labute approximate surface area is 293 Å². The molecule has 3 fully saturated rings. The van der Waals surface area contributed by atoms with Gasteiger partial charge in [-0.3, -0.25) is 24.1 Å². The Kier molecular flexibility index (Phi) is 7.39. The Bertz CT molecular complexity index is 2110. The lowest BCUT2D eigenvalue weighted by Crippen LogP contribution is -2.53. The number of imide groups is 2. The molecular weight excluding hydrogens is 659 g/mol. The van der Waals surface area contributed by atoms with E-state index in [9.17, 15) is 19.5 Å². The summed E-state index contributed by atoms with van der Waals surface area (Å²) in [6.07, 6.45) is 4.04. The van der Waals surface area contributed by atoms with Crippen LogP contribution in [0.3, 0.4) is 0 Å². The second-order valence-corrected chi connectivity index (χ2v) is 14.0. The molecule has 4 aromatic rings. The second-order valence-electron chi connectivity index (χ2n) is 13.1. The molecule has 2 heterocycles. The van der Waals surface area contributed by atoms with Gasteiger partial charge in [-0.25, -0.2) is 4.90 Å². The van der Waals surface area contributed by atoms with E-state index in [-0.39, 0.29) is 30.4 Å². The zero-order chi connectivity index (χ0) is 34.2. The fourth-order valence-electron chi connectivity index (χ4n) is 8.86. The molecule has 8 rings (SSSR count). The zero-order valence-corrected chi connectivity index (χ0v) is 27.6. The third-order valence-electron chi connectivity index (χ3n) is 10.9. The van der Waals surface area contributed by atoms with E-state index in [1.54, 1.807) is 66.7 Å². The number of benzene rings is 4. The smallest absolute Gasteiger partial charge is 0.246 e. The van der Waals surface area contributed by atoms with Crippen LogP contribution in [0.2, 0.25) is 10.0 Å². The summed E-state index contributed by atoms with van der Waals surface area (Å²) in [5.41, 5.74) is 1.85. The number of anilines is 2. The number of hydrogen-bond acceptors (Lipinski definition) is 5. The molecule has 49 heavy (non-hydrogen) atoms. The number of halogens is 2. The summed E-state index contributed by atoms with van der Waals surface area (Å²) < 4.78 is 0. The van der Waals surface area contributed by atoms with Crippen LogP contribution < -0.4 is 9.80 Å². The minimum atomic E-state index is -1.51. The summed E-state index contributed by atoms with van der Waals surface area (Å²) >= 11 is 12.9. The Morgan fingerprint density at radius 1 is 0.755 bits per heavy atom. The van der Waals surface area contributed by atoms with E-state index in [4.69, 9.17) is 23.2 Å². The van der Waals surface area contributed by atoms with Gasteiger partial charge < -0.3 is 5.11 Å². The van der Waals surface area contributed by atoms with Crippen molar-refractivity contribution in [2.75, 3.05) is 9.80 Å². The van der Waals surface area contributed by atoms with Gasteiger partial charge in [0.25, 0.3) is 0 Å². The fraction of sp³-hybridized carbons (Fsp3) is 0.200. The number of allylic oxidation sites excluding steroid dienone is 2. The van der Waals surface area contributed by atoms with E-state index in [1.807, 2.05) is 36.4 Å². The molecule has 1 saturated carbocycles. The molecule has 0 spiro atoms. The lowest BCUT2D eigenvalue weighted by atomic mass is 9.49. The number of hydrogen-bond donors (Lipinski definition) is 1. The molecule has 2 saturated heterocycles. The number of rotatable bonds is 5. The molecule has 9 heteroatoms. The summed E-state index contributed by atoms with van der Waals surface area (Å²) in [5, 5.41) is 12.2. The van der Waals surface area contributed by atoms with E-state index >= 15 is 4.79 Å². The van der Waals surface area contributed by atoms with Crippen molar-refractivity contribution in [2.24, 2.45) is 23.7 Å². The fourth-order valence-corrected chi connectivity index (χ4v) is 9.22. The van der Waals surface area contributed by atoms with E-state index in [0.29, 0.717) is 32.5 Å². The van der Waals surface area contributed by atoms with Gasteiger partial charge in [-0.05, 0) is 78.4 Å². The van der Waals surface area contributed by atoms with E-state index in [2.05, 4.69) is 6.58 Å². The third-order valence-corrected chi connectivity index (χ3v) is 11.3. The highest BCUT2D eigenvalue weighted by Crippen LogP contribution is 2.65. The van der Waals surface area contributed by atoms with Gasteiger partial charge in [-0.1, -0.05) is 96.0 Å². The topological polar surface area (TPSA) is 95.0 Å². The van der Waals surface area contributed by atoms with E-state index in [1.165, 1.54) is 15.9 Å². The van der Waals surface area contributed by atoms with Crippen molar-refractivity contribution in [3.8, 4) is 5.75 Å². The van der Waals surface area contributed by atoms with Crippen LogP contribution in [-0.2, 0) is 24.6 Å². The number of phenols is 1. The molecule has 4 aromatic carbocycles. The van der Waals surface area contributed by atoms with Crippen LogP contribution in [0.1, 0.15) is 35.4 Å². The first-order valence-electron chi connectivity index (χ1n) is 16.1. The highest BCUT2D eigenvalue weighted by molar-refractivity contribution is 6.32. The van der Waals surface area contributed by atoms with Crippen molar-refractivity contribution in [2.45, 2.75) is 24.2 Å². The first kappa shape index (κ1) is 31.3. The largest absolute Gasteiger partial charge is 0.508 e. The zero-order valence-electron chi connectivity index (χ0n) is 26.1. The molecule has 7 nitrogen and oxygen atoms in total. The van der Waals surface area contributed by atoms with Gasteiger partial charge in [-0.15, -0.1) is 0 Å². The predicted octanol–water partition coefficient (Wildman–Crippen LogP) is 7.71. The van der Waals surface area contributed by atoms with Crippen LogP contribution in [0.4, 0.5) is 11.4 Å². The van der Waals surface area contributed by atoms with Crippen molar-refractivity contribution in [3.63, 3.8) is 0 Å². The molecule has 4 amide bonds. The Balaban J connectivity index is 1.35. The number of aromatic hydroxyl groups is 1. The van der Waals surface area contributed by atoms with Gasteiger partial charge in [0.1, 0.15) is 5.75 Å². The van der Waals surface area contributed by atoms with Crippen LogP contribution in [-0.4, -0.2) is 28.7 Å². The second kappa shape index (κ2) is 11.6. The van der Waals surface area contributed by atoms with Crippen molar-refractivity contribution in [3.05, 3.63) is 142 Å². The maximum absolute atomic E-state index is 15.3. The highest BCUT2D eigenvalue weighted by Gasteiger charge is 2.70. The molecule has 0 bridgehead atoms. The van der Waals surface area contributed by atoms with Gasteiger partial charge in [0.05, 0.1) is 34.5 Å². The number of fused-ring (bicyclic) bond motifs is 4. The standard InChI is InChI=1S/C40H30Cl2N2O5/c1-2-22-11-14-26(15-12-22)43-36(46)29-17-16-28-30(34(29)38(43)48)21-32-37(47)44(27-10-6-9-24(41)19-27)39(49)40(32,23-7-4-3-5-8-23)35(28)31-20-25(42)13-18-33(31)45/h2-16,18-20,29-30,32,34-35,45H,1,17,21H2. The molecule has 0 radical (unpaired) electrons. The quantitative estimate of drug-likeness (QED) is 0.171. The lowest BCUT2D eigenvalue weighted by molar-refractivity contribution is -0.127. The molecule has 0 aromatic heterocycles. The van der Waals surface area contributed by atoms with Crippen LogP contribution in [0.5, 0.6) is 5.75 Å². The molecule has 2 aliphatic carbocycles. The van der Waals surface area contributed by atoms with Gasteiger partial charge in [0.15, 0.2) is 0 Å². The normalized spacial score (nSPS) is 27.5. The SMILES string of the molecule is C=Cc1ccc(N2C(=O)C3CC=C4C(CC5C(=O)N(c6cccc(Cl)c6)C(=O)C5(c5ccccc5)C4c4cc(Cl)ccc4O)C3C2=O)cc1. The van der Waals surface area contributed by atoms with Crippen LogP contribution >= 0.6 is 23.2 Å². The first-order chi connectivity index (χ1) is 23.7. The van der Waals surface area contributed by atoms with Crippen molar-refractivity contribution in [1.82, 2.24) is 0 Å². The lowest BCUT2D eigenvalue weighted by Gasteiger charge is -2.50. The summed E-state index contributed by atoms with van der Waals surface area (Å²) in [6.45, 7) is 3.79. The minimum Gasteiger partial charge on any atom is -0.508 e. The molecule has 6 atom stereocenters. The molecule has 2 aliphatic heterocycles. The first-order valence-corrected chi connectivity index (χ1v) is 16.9. The number of carbonyl (C=O) groups excluding carboxylic acids is 4. The van der Waals surface area contributed by atoms with Crippen LogP contribution in [0.25, 0.3) is 6.08 Å². The highest BCUT2D eigenvalue weighted by atomic mass is 35.5. The number of amides is 4. The molecular formula is C40H30Cl2N2O5. The summed E-state index contributed by atoms with van der Waals surface area (Å²) in [5.74, 6) is -5.45. The summed E-state index contributed by atoms with van der Waals surface area (Å²) in [4.78, 5) is 60.9.